The molecule has 0 aliphatic heterocycles. The van der Waals surface area contributed by atoms with Crippen molar-refractivity contribution >= 4 is 5.91 Å². The molecule has 0 saturated carbocycles. The van der Waals surface area contributed by atoms with Crippen LogP contribution in [0.5, 0.6) is 11.5 Å². The first kappa shape index (κ1) is 15.3. The summed E-state index contributed by atoms with van der Waals surface area (Å²) in [5.41, 5.74) is 2.42. The van der Waals surface area contributed by atoms with Gasteiger partial charge in [0.15, 0.2) is 11.5 Å². The Hall–Kier alpha value is -1.75. The summed E-state index contributed by atoms with van der Waals surface area (Å²) in [5.74, 6) is 0.805. The summed E-state index contributed by atoms with van der Waals surface area (Å²) in [6.07, 6.45) is 0. The van der Waals surface area contributed by atoms with E-state index >= 15 is 0 Å². The van der Waals surface area contributed by atoms with Crippen molar-refractivity contribution in [3.05, 3.63) is 23.8 Å². The number of ether oxygens (including phenoxy) is 2. The Morgan fingerprint density at radius 1 is 1.26 bits per heavy atom. The molecule has 0 radical (unpaired) electrons. The topological polar surface area (TPSA) is 56.8 Å². The van der Waals surface area contributed by atoms with Gasteiger partial charge in [0.05, 0.1) is 19.3 Å². The smallest absolute Gasteiger partial charge is 0.274 e. The molecule has 0 aromatic heterocycles. The molecular weight excluding hydrogens is 246 g/mol. The van der Waals surface area contributed by atoms with E-state index in [1.165, 1.54) is 7.11 Å². The Labute approximate surface area is 113 Å². The minimum absolute atomic E-state index is 0.323. The molecule has 19 heavy (non-hydrogen) atoms. The normalized spacial score (nSPS) is 11.0. The molecule has 1 aromatic carbocycles. The van der Waals surface area contributed by atoms with Crippen molar-refractivity contribution in [3.8, 4) is 11.5 Å². The van der Waals surface area contributed by atoms with Crippen LogP contribution in [-0.2, 0) is 4.84 Å². The van der Waals surface area contributed by atoms with E-state index in [1.807, 2.05) is 27.7 Å². The molecule has 106 valence electrons. The average molecular weight is 267 g/mol. The summed E-state index contributed by atoms with van der Waals surface area (Å²) in [6.45, 7) is 7.98. The van der Waals surface area contributed by atoms with Crippen molar-refractivity contribution in [2.24, 2.45) is 0 Å². The molecular formula is C14H21NO4. The first-order valence-electron chi connectivity index (χ1n) is 6.16. The number of carbonyl (C=O) groups excluding carboxylic acids is 1. The number of carbonyl (C=O) groups is 1. The van der Waals surface area contributed by atoms with Gasteiger partial charge in [0.1, 0.15) is 0 Å². The summed E-state index contributed by atoms with van der Waals surface area (Å²) >= 11 is 0. The molecule has 1 amide bonds. The van der Waals surface area contributed by atoms with E-state index in [0.29, 0.717) is 23.7 Å². The molecule has 0 fully saturated rings. The summed E-state index contributed by atoms with van der Waals surface area (Å²) in [4.78, 5) is 17.1. The zero-order valence-electron chi connectivity index (χ0n) is 12.1. The van der Waals surface area contributed by atoms with Gasteiger partial charge in [0, 0.05) is 5.56 Å². The standard InChI is InChI=1S/C14H21NO4/c1-6-18-11-8-7-10(9-12(11)17-5)13(16)15-19-14(2,3)4/h7-9H,6H2,1-5H3,(H,15,16). The SMILES string of the molecule is CCOc1ccc(C(=O)NOC(C)(C)C)cc1OC. The molecule has 5 heteroatoms. The predicted molar refractivity (Wildman–Crippen MR) is 72.5 cm³/mol. The maximum Gasteiger partial charge on any atom is 0.274 e. The second-order valence-corrected chi connectivity index (χ2v) is 4.94. The van der Waals surface area contributed by atoms with E-state index in [1.54, 1.807) is 18.2 Å². The number of nitrogens with one attached hydrogen (secondary N) is 1. The molecule has 1 N–H and O–H groups in total. The van der Waals surface area contributed by atoms with E-state index in [0.717, 1.165) is 0 Å². The van der Waals surface area contributed by atoms with Gasteiger partial charge in [-0.2, -0.15) is 0 Å². The summed E-state index contributed by atoms with van der Waals surface area (Å²) < 4.78 is 10.6. The molecule has 1 aromatic rings. The van der Waals surface area contributed by atoms with Gasteiger partial charge < -0.3 is 9.47 Å². The Kier molecular flexibility index (Phi) is 5.18. The van der Waals surface area contributed by atoms with Crippen molar-refractivity contribution < 1.29 is 19.1 Å². The molecule has 0 bridgehead atoms. The van der Waals surface area contributed by atoms with E-state index in [9.17, 15) is 4.79 Å². The lowest BCUT2D eigenvalue weighted by Gasteiger charge is -2.19. The summed E-state index contributed by atoms with van der Waals surface area (Å²) in [6, 6.07) is 4.98. The quantitative estimate of drug-likeness (QED) is 0.833. The van der Waals surface area contributed by atoms with Crippen LogP contribution in [0.25, 0.3) is 0 Å². The lowest BCUT2D eigenvalue weighted by molar-refractivity contribution is -0.0589. The highest BCUT2D eigenvalue weighted by atomic mass is 16.7. The number of methoxy groups -OCH3 is 1. The predicted octanol–water partition coefficient (Wildman–Crippen LogP) is 2.55. The van der Waals surface area contributed by atoms with Gasteiger partial charge >= 0.3 is 0 Å². The fourth-order valence-electron chi connectivity index (χ4n) is 1.34. The Morgan fingerprint density at radius 2 is 1.95 bits per heavy atom. The van der Waals surface area contributed by atoms with Crippen molar-refractivity contribution in [3.63, 3.8) is 0 Å². The molecule has 0 heterocycles. The van der Waals surface area contributed by atoms with Crippen LogP contribution >= 0.6 is 0 Å². The second-order valence-electron chi connectivity index (χ2n) is 4.94. The Morgan fingerprint density at radius 3 is 2.47 bits per heavy atom. The zero-order chi connectivity index (χ0) is 14.5. The third-order valence-electron chi connectivity index (χ3n) is 2.18. The van der Waals surface area contributed by atoms with Gasteiger partial charge in [0.2, 0.25) is 0 Å². The molecule has 0 atom stereocenters. The first-order chi connectivity index (χ1) is 8.87. The fourth-order valence-corrected chi connectivity index (χ4v) is 1.34. The number of amides is 1. The van der Waals surface area contributed by atoms with Crippen LogP contribution in [0, 0.1) is 0 Å². The number of hydrogen-bond donors (Lipinski definition) is 1. The molecule has 0 saturated heterocycles. The van der Waals surface area contributed by atoms with E-state index in [-0.39, 0.29) is 5.91 Å². The highest BCUT2D eigenvalue weighted by Crippen LogP contribution is 2.28. The molecule has 1 rings (SSSR count). The van der Waals surface area contributed by atoms with Crippen LogP contribution in [0.15, 0.2) is 18.2 Å². The number of hydrogen-bond acceptors (Lipinski definition) is 4. The average Bonchev–Trinajstić information content (AvgIpc) is 2.36. The molecule has 5 nitrogen and oxygen atoms in total. The fraction of sp³-hybridized carbons (Fsp3) is 0.500. The second kappa shape index (κ2) is 6.43. The number of rotatable bonds is 5. The van der Waals surface area contributed by atoms with Gasteiger partial charge in [0.25, 0.3) is 5.91 Å². The van der Waals surface area contributed by atoms with Crippen LogP contribution < -0.4 is 15.0 Å². The maximum absolute atomic E-state index is 11.9. The lowest BCUT2D eigenvalue weighted by atomic mass is 10.2. The van der Waals surface area contributed by atoms with Crippen LogP contribution in [-0.4, -0.2) is 25.2 Å². The lowest BCUT2D eigenvalue weighted by Crippen LogP contribution is -2.33. The van der Waals surface area contributed by atoms with Crippen molar-refractivity contribution in [2.45, 2.75) is 33.3 Å². The largest absolute Gasteiger partial charge is 0.493 e. The Bertz CT molecular complexity index is 438. The number of benzene rings is 1. The monoisotopic (exact) mass is 267 g/mol. The molecule has 0 aliphatic rings. The molecule has 0 spiro atoms. The van der Waals surface area contributed by atoms with Crippen LogP contribution in [0.3, 0.4) is 0 Å². The summed E-state index contributed by atoms with van der Waals surface area (Å²) in [5, 5.41) is 0. The molecule has 0 unspecified atom stereocenters. The van der Waals surface area contributed by atoms with Crippen molar-refractivity contribution in [2.75, 3.05) is 13.7 Å². The minimum atomic E-state index is -0.439. The van der Waals surface area contributed by atoms with E-state index in [2.05, 4.69) is 5.48 Å². The first-order valence-corrected chi connectivity index (χ1v) is 6.16. The van der Waals surface area contributed by atoms with Crippen LogP contribution in [0.1, 0.15) is 38.1 Å². The van der Waals surface area contributed by atoms with Crippen molar-refractivity contribution in [1.29, 1.82) is 0 Å². The maximum atomic E-state index is 11.9. The highest BCUT2D eigenvalue weighted by Gasteiger charge is 2.15. The van der Waals surface area contributed by atoms with Crippen molar-refractivity contribution in [1.82, 2.24) is 5.48 Å². The minimum Gasteiger partial charge on any atom is -0.493 e. The Balaban J connectivity index is 2.81. The van der Waals surface area contributed by atoms with Gasteiger partial charge in [-0.25, -0.2) is 5.48 Å². The third-order valence-corrected chi connectivity index (χ3v) is 2.18. The van der Waals surface area contributed by atoms with E-state index < -0.39 is 5.60 Å². The van der Waals surface area contributed by atoms with Crippen LogP contribution in [0.2, 0.25) is 0 Å². The molecule has 0 aliphatic carbocycles. The van der Waals surface area contributed by atoms with Gasteiger partial charge in [-0.05, 0) is 45.9 Å². The zero-order valence-corrected chi connectivity index (χ0v) is 12.1. The third kappa shape index (κ3) is 4.79. The highest BCUT2D eigenvalue weighted by molar-refractivity contribution is 5.94. The number of hydroxylamine groups is 1. The van der Waals surface area contributed by atoms with E-state index in [4.69, 9.17) is 14.3 Å². The summed E-state index contributed by atoms with van der Waals surface area (Å²) in [7, 11) is 1.53. The van der Waals surface area contributed by atoms with Crippen LogP contribution in [0.4, 0.5) is 0 Å². The van der Waals surface area contributed by atoms with Gasteiger partial charge in [-0.3, -0.25) is 9.63 Å². The van der Waals surface area contributed by atoms with Gasteiger partial charge in [-0.1, -0.05) is 0 Å². The van der Waals surface area contributed by atoms with Gasteiger partial charge in [-0.15, -0.1) is 0 Å².